The number of halogens is 1. The van der Waals surface area contributed by atoms with E-state index < -0.39 is 0 Å². The highest BCUT2D eigenvalue weighted by Crippen LogP contribution is 2.58. The fourth-order valence-corrected chi connectivity index (χ4v) is 4.96. The molecule has 3 fully saturated rings. The molecule has 6 nitrogen and oxygen atoms in total. The van der Waals surface area contributed by atoms with Crippen LogP contribution in [0, 0.1) is 5.41 Å². The van der Waals surface area contributed by atoms with Gasteiger partial charge in [-0.15, -0.1) is 0 Å². The van der Waals surface area contributed by atoms with E-state index in [-0.39, 0.29) is 29.4 Å². The van der Waals surface area contributed by atoms with Crippen molar-refractivity contribution in [3.05, 3.63) is 29.6 Å². The molecule has 0 aromatic carbocycles. The van der Waals surface area contributed by atoms with Crippen molar-refractivity contribution in [2.75, 3.05) is 13.7 Å². The summed E-state index contributed by atoms with van der Waals surface area (Å²) < 4.78 is 7.73. The average molecular weight is 347 g/mol. The average Bonchev–Trinajstić information content (AvgIpc) is 3.20. The summed E-state index contributed by atoms with van der Waals surface area (Å²) in [4.78, 5) is 23.7. The molecule has 0 bridgehead atoms. The second kappa shape index (κ2) is 4.92. The zero-order valence-corrected chi connectivity index (χ0v) is 14.2. The highest BCUT2D eigenvalue weighted by Gasteiger charge is 2.67. The van der Waals surface area contributed by atoms with Gasteiger partial charge in [0.1, 0.15) is 11.3 Å². The Morgan fingerprint density at radius 3 is 2.92 bits per heavy atom. The van der Waals surface area contributed by atoms with Crippen molar-refractivity contribution in [3.63, 3.8) is 0 Å². The van der Waals surface area contributed by atoms with E-state index in [0.29, 0.717) is 11.7 Å². The Morgan fingerprint density at radius 2 is 2.17 bits per heavy atom. The SMILES string of the molecule is CO[C@@H]1[C@@H]2CCC(c3ncc4c(Cl)nccn34)CN2C(=O)C12CC2. The lowest BCUT2D eigenvalue weighted by molar-refractivity contribution is -0.134. The maximum Gasteiger partial charge on any atom is 0.231 e. The summed E-state index contributed by atoms with van der Waals surface area (Å²) >= 11 is 6.15. The van der Waals surface area contributed by atoms with Crippen molar-refractivity contribution in [1.82, 2.24) is 19.3 Å². The third-order valence-electron chi connectivity index (χ3n) is 6.06. The van der Waals surface area contributed by atoms with Gasteiger partial charge in [0.15, 0.2) is 5.15 Å². The molecule has 24 heavy (non-hydrogen) atoms. The van der Waals surface area contributed by atoms with Gasteiger partial charge in [-0.05, 0) is 25.7 Å². The predicted molar refractivity (Wildman–Crippen MR) is 87.9 cm³/mol. The monoisotopic (exact) mass is 346 g/mol. The summed E-state index contributed by atoms with van der Waals surface area (Å²) in [5.74, 6) is 1.47. The second-order valence-corrected chi connectivity index (χ2v) is 7.56. The first kappa shape index (κ1) is 14.7. The van der Waals surface area contributed by atoms with E-state index in [0.717, 1.165) is 37.0 Å². The highest BCUT2D eigenvalue weighted by molar-refractivity contribution is 6.32. The maximum absolute atomic E-state index is 12.9. The minimum atomic E-state index is -0.226. The number of hydrogen-bond acceptors (Lipinski definition) is 4. The van der Waals surface area contributed by atoms with Crippen LogP contribution in [0.25, 0.3) is 5.52 Å². The van der Waals surface area contributed by atoms with Gasteiger partial charge in [0.2, 0.25) is 5.91 Å². The first-order valence-corrected chi connectivity index (χ1v) is 8.85. The Bertz CT molecular complexity index is 831. The van der Waals surface area contributed by atoms with Crippen LogP contribution in [0.2, 0.25) is 5.15 Å². The minimum Gasteiger partial charge on any atom is -0.378 e. The number of imidazole rings is 1. The number of carbonyl (C=O) groups is 1. The Morgan fingerprint density at radius 1 is 1.33 bits per heavy atom. The zero-order valence-electron chi connectivity index (χ0n) is 13.5. The molecule has 3 aliphatic rings. The predicted octanol–water partition coefficient (Wildman–Crippen LogP) is 2.27. The molecule has 0 N–H and O–H groups in total. The van der Waals surface area contributed by atoms with E-state index in [1.54, 1.807) is 19.5 Å². The molecule has 1 saturated carbocycles. The molecule has 7 heteroatoms. The Balaban J connectivity index is 1.48. The van der Waals surface area contributed by atoms with Gasteiger partial charge in [-0.25, -0.2) is 9.97 Å². The van der Waals surface area contributed by atoms with Crippen LogP contribution in [-0.4, -0.2) is 51.0 Å². The lowest BCUT2D eigenvalue weighted by Gasteiger charge is -2.36. The van der Waals surface area contributed by atoms with Gasteiger partial charge >= 0.3 is 0 Å². The van der Waals surface area contributed by atoms with E-state index in [4.69, 9.17) is 16.3 Å². The first-order valence-electron chi connectivity index (χ1n) is 8.47. The number of carbonyl (C=O) groups excluding carboxylic acids is 1. The molecular weight excluding hydrogens is 328 g/mol. The highest BCUT2D eigenvalue weighted by atomic mass is 35.5. The van der Waals surface area contributed by atoms with Crippen molar-refractivity contribution in [3.8, 4) is 0 Å². The normalized spacial score (nSPS) is 31.0. The van der Waals surface area contributed by atoms with Crippen LogP contribution in [-0.2, 0) is 9.53 Å². The van der Waals surface area contributed by atoms with Crippen LogP contribution in [0.15, 0.2) is 18.6 Å². The van der Waals surface area contributed by atoms with Gasteiger partial charge in [0.25, 0.3) is 0 Å². The Hall–Kier alpha value is -1.66. The number of hydrogen-bond donors (Lipinski definition) is 0. The largest absolute Gasteiger partial charge is 0.378 e. The van der Waals surface area contributed by atoms with Crippen molar-refractivity contribution in [1.29, 1.82) is 0 Å². The Kier molecular flexibility index (Phi) is 3.01. The molecule has 1 spiro atoms. The lowest BCUT2D eigenvalue weighted by atomic mass is 9.89. The third-order valence-corrected chi connectivity index (χ3v) is 6.35. The van der Waals surface area contributed by atoms with E-state index in [1.165, 1.54) is 0 Å². The fraction of sp³-hybridized carbons (Fsp3) is 0.588. The van der Waals surface area contributed by atoms with Gasteiger partial charge in [-0.2, -0.15) is 0 Å². The van der Waals surface area contributed by atoms with Crippen molar-refractivity contribution in [2.24, 2.45) is 5.41 Å². The smallest absolute Gasteiger partial charge is 0.231 e. The van der Waals surface area contributed by atoms with Gasteiger partial charge in [-0.1, -0.05) is 11.6 Å². The standard InChI is InChI=1S/C17H19ClN4O2/c1-24-13-11-3-2-10(9-22(11)16(23)17(13)4-5-17)15-20-8-12-14(18)19-6-7-21(12)15/h6-8,10-11,13H,2-5,9H2,1H3/t10?,11-,13+/m0/s1. The van der Waals surface area contributed by atoms with Crippen LogP contribution < -0.4 is 0 Å². The quantitative estimate of drug-likeness (QED) is 0.837. The van der Waals surface area contributed by atoms with Crippen molar-refractivity contribution in [2.45, 2.75) is 43.7 Å². The van der Waals surface area contributed by atoms with E-state index in [9.17, 15) is 4.79 Å². The molecule has 2 saturated heterocycles. The number of methoxy groups -OCH3 is 1. The fourth-order valence-electron chi connectivity index (χ4n) is 4.76. The molecule has 0 radical (unpaired) electrons. The van der Waals surface area contributed by atoms with Crippen LogP contribution >= 0.6 is 11.6 Å². The molecule has 2 aromatic heterocycles. The number of rotatable bonds is 2. The van der Waals surface area contributed by atoms with Crippen molar-refractivity contribution >= 4 is 23.0 Å². The number of nitrogens with zero attached hydrogens (tertiary/aromatic N) is 4. The molecule has 2 aliphatic heterocycles. The molecule has 4 heterocycles. The molecular formula is C17H19ClN4O2. The Labute approximate surface area is 144 Å². The van der Waals surface area contributed by atoms with Gasteiger partial charge in [-0.3, -0.25) is 9.20 Å². The van der Waals surface area contributed by atoms with Gasteiger partial charge in [0.05, 0.1) is 23.8 Å². The summed E-state index contributed by atoms with van der Waals surface area (Å²) in [6.07, 6.45) is 9.30. The number of amides is 1. The number of aromatic nitrogens is 3. The molecule has 2 aromatic rings. The molecule has 1 amide bonds. The summed E-state index contributed by atoms with van der Waals surface area (Å²) in [7, 11) is 1.74. The molecule has 126 valence electrons. The van der Waals surface area contributed by atoms with E-state index in [1.807, 2.05) is 10.6 Å². The summed E-state index contributed by atoms with van der Waals surface area (Å²) in [5.41, 5.74) is 0.591. The number of piperidine rings is 1. The minimum absolute atomic E-state index is 0.0570. The van der Waals surface area contributed by atoms with Crippen LogP contribution in [0.4, 0.5) is 0 Å². The zero-order chi connectivity index (χ0) is 16.5. The van der Waals surface area contributed by atoms with Gasteiger partial charge in [0, 0.05) is 32.0 Å². The molecule has 5 rings (SSSR count). The third kappa shape index (κ3) is 1.78. The number of ether oxygens (including phenoxy) is 1. The summed E-state index contributed by atoms with van der Waals surface area (Å²) in [5, 5.41) is 0.457. The second-order valence-electron chi connectivity index (χ2n) is 7.20. The lowest BCUT2D eigenvalue weighted by Crippen LogP contribution is -2.44. The molecule has 1 aliphatic carbocycles. The van der Waals surface area contributed by atoms with Crippen LogP contribution in [0.1, 0.15) is 37.4 Å². The van der Waals surface area contributed by atoms with Crippen LogP contribution in [0.5, 0.6) is 0 Å². The van der Waals surface area contributed by atoms with E-state index >= 15 is 0 Å². The van der Waals surface area contributed by atoms with Crippen molar-refractivity contribution < 1.29 is 9.53 Å². The summed E-state index contributed by atoms with van der Waals surface area (Å²) in [6.45, 7) is 0.712. The van der Waals surface area contributed by atoms with Crippen LogP contribution in [0.3, 0.4) is 0 Å². The molecule has 3 atom stereocenters. The number of fused-ring (bicyclic) bond motifs is 2. The maximum atomic E-state index is 12.9. The summed E-state index contributed by atoms with van der Waals surface area (Å²) in [6, 6.07) is 0.220. The first-order chi connectivity index (χ1) is 11.7. The van der Waals surface area contributed by atoms with Gasteiger partial charge < -0.3 is 9.64 Å². The van der Waals surface area contributed by atoms with E-state index in [2.05, 4.69) is 14.9 Å². The topological polar surface area (TPSA) is 59.7 Å². The molecule has 1 unspecified atom stereocenters.